The highest BCUT2D eigenvalue weighted by Gasteiger charge is 2.17. The average Bonchev–Trinajstić information content (AvgIpc) is 3.07. The molecule has 1 aliphatic heterocycles. The van der Waals surface area contributed by atoms with E-state index in [2.05, 4.69) is 10.6 Å². The molecule has 1 fully saturated rings. The summed E-state index contributed by atoms with van der Waals surface area (Å²) in [6, 6.07) is 14.3. The van der Waals surface area contributed by atoms with E-state index in [1.54, 1.807) is 43.4 Å². The summed E-state index contributed by atoms with van der Waals surface area (Å²) in [6.45, 7) is 3.25. The second-order valence-electron chi connectivity index (χ2n) is 7.81. The van der Waals surface area contributed by atoms with Crippen LogP contribution in [0.1, 0.15) is 43.0 Å². The number of likely N-dealkylation sites (tertiary alicyclic amines) is 1. The minimum absolute atomic E-state index is 0.0554. The van der Waals surface area contributed by atoms with Crippen molar-refractivity contribution in [3.05, 3.63) is 54.1 Å². The Morgan fingerprint density at radius 2 is 1.45 bits per heavy atom. The number of hydrogen-bond donors (Lipinski definition) is 2. The number of hydrogen-bond acceptors (Lipinski definition) is 4. The van der Waals surface area contributed by atoms with Crippen molar-refractivity contribution in [2.45, 2.75) is 32.6 Å². The minimum Gasteiger partial charge on any atom is -0.376 e. The van der Waals surface area contributed by atoms with Gasteiger partial charge >= 0.3 is 0 Å². The van der Waals surface area contributed by atoms with Crippen molar-refractivity contribution in [3.8, 4) is 0 Å². The predicted octanol–water partition coefficient (Wildman–Crippen LogP) is 3.74. The van der Waals surface area contributed by atoms with E-state index in [9.17, 15) is 14.4 Å². The van der Waals surface area contributed by atoms with Crippen molar-refractivity contribution in [2.24, 2.45) is 0 Å². The lowest BCUT2D eigenvalue weighted by Crippen LogP contribution is -2.31. The monoisotopic (exact) mass is 422 g/mol. The third kappa shape index (κ3) is 6.31. The average molecular weight is 423 g/mol. The number of nitrogens with one attached hydrogen (secondary N) is 2. The third-order valence-corrected chi connectivity index (χ3v) is 5.49. The van der Waals surface area contributed by atoms with Gasteiger partial charge in [-0.2, -0.15) is 0 Å². The van der Waals surface area contributed by atoms with Crippen LogP contribution in [0.15, 0.2) is 48.5 Å². The normalized spacial score (nSPS) is 13.8. The van der Waals surface area contributed by atoms with Gasteiger partial charge in [-0.25, -0.2) is 0 Å². The van der Waals surface area contributed by atoms with Crippen LogP contribution in [-0.2, 0) is 9.59 Å². The molecule has 0 aromatic heterocycles. The van der Waals surface area contributed by atoms with Crippen LogP contribution in [0.4, 0.5) is 17.1 Å². The Balaban J connectivity index is 1.49. The fourth-order valence-corrected chi connectivity index (χ4v) is 3.52. The molecule has 0 unspecified atom stereocenters. The fraction of sp³-hybridized carbons (Fsp3) is 0.375. The molecule has 7 heteroatoms. The van der Waals surface area contributed by atoms with Gasteiger partial charge in [-0.1, -0.05) is 12.8 Å². The van der Waals surface area contributed by atoms with Gasteiger partial charge in [0.1, 0.15) is 0 Å². The summed E-state index contributed by atoms with van der Waals surface area (Å²) in [4.78, 5) is 39.8. The Morgan fingerprint density at radius 3 is 2.03 bits per heavy atom. The number of benzene rings is 2. The van der Waals surface area contributed by atoms with Crippen LogP contribution in [0, 0.1) is 0 Å². The topological polar surface area (TPSA) is 81.8 Å². The molecule has 0 spiro atoms. The van der Waals surface area contributed by atoms with Crippen LogP contribution in [0.5, 0.6) is 0 Å². The van der Waals surface area contributed by atoms with Gasteiger partial charge in [0.2, 0.25) is 11.8 Å². The Morgan fingerprint density at radius 1 is 0.871 bits per heavy atom. The molecule has 2 aromatic carbocycles. The minimum atomic E-state index is -0.183. The summed E-state index contributed by atoms with van der Waals surface area (Å²) in [7, 11) is 1.70. The molecule has 1 heterocycles. The molecule has 3 amide bonds. The first kappa shape index (κ1) is 22.3. The molecule has 0 atom stereocenters. The maximum absolute atomic E-state index is 12.7. The summed E-state index contributed by atoms with van der Waals surface area (Å²) in [6.07, 6.45) is 4.51. The molecular formula is C24H30N4O3. The molecule has 2 aromatic rings. The van der Waals surface area contributed by atoms with E-state index in [0.29, 0.717) is 11.3 Å². The second-order valence-corrected chi connectivity index (χ2v) is 7.81. The molecule has 1 aliphatic rings. The van der Waals surface area contributed by atoms with Gasteiger partial charge in [-0.05, 0) is 61.4 Å². The first-order chi connectivity index (χ1) is 14.9. The Labute approximate surface area is 183 Å². The maximum atomic E-state index is 12.7. The molecule has 7 nitrogen and oxygen atoms in total. The Kier molecular flexibility index (Phi) is 7.65. The van der Waals surface area contributed by atoms with Gasteiger partial charge in [0.15, 0.2) is 0 Å². The van der Waals surface area contributed by atoms with Crippen molar-refractivity contribution in [2.75, 3.05) is 42.2 Å². The molecule has 0 radical (unpaired) electrons. The first-order valence-electron chi connectivity index (χ1n) is 10.7. The maximum Gasteiger partial charge on any atom is 0.253 e. The SMILES string of the molecule is CC(=O)N(C)c1ccc(NC(=O)CNc2ccc(C(=O)N3CCCCCC3)cc2)cc1. The Hall–Kier alpha value is -3.35. The molecule has 0 aliphatic carbocycles. The zero-order valence-corrected chi connectivity index (χ0v) is 18.2. The van der Waals surface area contributed by atoms with Gasteiger partial charge < -0.3 is 20.4 Å². The van der Waals surface area contributed by atoms with Crippen molar-refractivity contribution < 1.29 is 14.4 Å². The van der Waals surface area contributed by atoms with E-state index in [4.69, 9.17) is 0 Å². The number of carbonyl (C=O) groups is 3. The van der Waals surface area contributed by atoms with Gasteiger partial charge in [0.05, 0.1) is 6.54 Å². The van der Waals surface area contributed by atoms with Gasteiger partial charge in [-0.15, -0.1) is 0 Å². The molecule has 0 bridgehead atoms. The van der Waals surface area contributed by atoms with Gasteiger partial charge in [-0.3, -0.25) is 14.4 Å². The number of amides is 3. The van der Waals surface area contributed by atoms with Gasteiger partial charge in [0, 0.05) is 49.7 Å². The zero-order valence-electron chi connectivity index (χ0n) is 18.2. The molecular weight excluding hydrogens is 392 g/mol. The molecule has 164 valence electrons. The summed E-state index contributed by atoms with van der Waals surface area (Å²) in [5.74, 6) is -0.164. The molecule has 0 saturated carbocycles. The number of anilines is 3. The molecule has 1 saturated heterocycles. The van der Waals surface area contributed by atoms with Crippen LogP contribution >= 0.6 is 0 Å². The number of rotatable bonds is 6. The van der Waals surface area contributed by atoms with Crippen molar-refractivity contribution >= 4 is 34.8 Å². The van der Waals surface area contributed by atoms with Gasteiger partial charge in [0.25, 0.3) is 5.91 Å². The smallest absolute Gasteiger partial charge is 0.253 e. The van der Waals surface area contributed by atoms with E-state index in [-0.39, 0.29) is 24.3 Å². The molecule has 2 N–H and O–H groups in total. The molecule has 31 heavy (non-hydrogen) atoms. The highest BCUT2D eigenvalue weighted by molar-refractivity contribution is 5.96. The summed E-state index contributed by atoms with van der Waals surface area (Å²) in [5.41, 5.74) is 2.87. The van der Waals surface area contributed by atoms with E-state index in [1.165, 1.54) is 24.7 Å². The van der Waals surface area contributed by atoms with Crippen molar-refractivity contribution in [1.29, 1.82) is 0 Å². The first-order valence-corrected chi connectivity index (χ1v) is 10.7. The lowest BCUT2D eigenvalue weighted by atomic mass is 10.1. The second kappa shape index (κ2) is 10.6. The highest BCUT2D eigenvalue weighted by Crippen LogP contribution is 2.18. The molecule has 3 rings (SSSR count). The summed E-state index contributed by atoms with van der Waals surface area (Å²) < 4.78 is 0. The van der Waals surface area contributed by atoms with Crippen LogP contribution < -0.4 is 15.5 Å². The quantitative estimate of drug-likeness (QED) is 0.743. The van der Waals surface area contributed by atoms with E-state index < -0.39 is 0 Å². The van der Waals surface area contributed by atoms with Crippen molar-refractivity contribution in [1.82, 2.24) is 4.90 Å². The standard InChI is InChI=1S/C24H30N4O3/c1-18(29)27(2)22-13-11-21(12-14-22)26-23(30)17-25-20-9-7-19(8-10-20)24(31)28-15-5-3-4-6-16-28/h7-14,25H,3-6,15-17H2,1-2H3,(H,26,30). The van der Waals surface area contributed by atoms with Crippen LogP contribution in [0.25, 0.3) is 0 Å². The number of nitrogens with zero attached hydrogens (tertiary/aromatic N) is 2. The van der Waals surface area contributed by atoms with Crippen LogP contribution in [-0.4, -0.2) is 49.3 Å². The third-order valence-electron chi connectivity index (χ3n) is 5.49. The lowest BCUT2D eigenvalue weighted by Gasteiger charge is -2.20. The van der Waals surface area contributed by atoms with E-state index in [0.717, 1.165) is 37.3 Å². The number of carbonyl (C=O) groups excluding carboxylic acids is 3. The predicted molar refractivity (Wildman–Crippen MR) is 123 cm³/mol. The highest BCUT2D eigenvalue weighted by atomic mass is 16.2. The Bertz CT molecular complexity index is 901. The zero-order chi connectivity index (χ0) is 22.2. The van der Waals surface area contributed by atoms with Crippen LogP contribution in [0.2, 0.25) is 0 Å². The van der Waals surface area contributed by atoms with Crippen LogP contribution in [0.3, 0.4) is 0 Å². The van der Waals surface area contributed by atoms with E-state index >= 15 is 0 Å². The summed E-state index contributed by atoms with van der Waals surface area (Å²) in [5, 5.41) is 5.90. The summed E-state index contributed by atoms with van der Waals surface area (Å²) >= 11 is 0. The largest absolute Gasteiger partial charge is 0.376 e. The van der Waals surface area contributed by atoms with E-state index in [1.807, 2.05) is 17.0 Å². The fourth-order valence-electron chi connectivity index (χ4n) is 3.52. The lowest BCUT2D eigenvalue weighted by molar-refractivity contribution is -0.116. The van der Waals surface area contributed by atoms with Crippen molar-refractivity contribution in [3.63, 3.8) is 0 Å².